The highest BCUT2D eigenvalue weighted by Gasteiger charge is 2.37. The van der Waals surface area contributed by atoms with Crippen LogP contribution in [0.15, 0.2) is 24.3 Å². The molecule has 0 unspecified atom stereocenters. The quantitative estimate of drug-likeness (QED) is 0.883. The maximum atomic E-state index is 12.3. The fourth-order valence-corrected chi connectivity index (χ4v) is 3.60. The molecule has 1 saturated heterocycles. The molecule has 0 bridgehead atoms. The van der Waals surface area contributed by atoms with Crippen molar-refractivity contribution in [3.63, 3.8) is 0 Å². The van der Waals surface area contributed by atoms with Crippen LogP contribution in [-0.2, 0) is 9.53 Å². The number of fused-ring (bicyclic) bond motifs is 1. The Bertz CT molecular complexity index is 799. The van der Waals surface area contributed by atoms with Crippen LogP contribution in [0, 0.1) is 0 Å². The zero-order chi connectivity index (χ0) is 18.2. The van der Waals surface area contributed by atoms with Gasteiger partial charge in [0.2, 0.25) is 0 Å². The summed E-state index contributed by atoms with van der Waals surface area (Å²) in [6.45, 7) is 6.22. The number of piperazine rings is 1. The highest BCUT2D eigenvalue weighted by molar-refractivity contribution is 7.13. The van der Waals surface area contributed by atoms with Gasteiger partial charge < -0.3 is 19.6 Å². The number of hydrogen-bond acceptors (Lipinski definition) is 6. The predicted molar refractivity (Wildman–Crippen MR) is 96.2 cm³/mol. The third-order valence-corrected chi connectivity index (χ3v) is 4.76. The average Bonchev–Trinajstić information content (AvgIpc) is 2.96. The van der Waals surface area contributed by atoms with Crippen LogP contribution in [0.2, 0.25) is 0 Å². The molecule has 0 aliphatic carbocycles. The van der Waals surface area contributed by atoms with Crippen LogP contribution >= 0.6 is 11.5 Å². The molecule has 1 amide bonds. The van der Waals surface area contributed by atoms with Crippen molar-refractivity contribution in [2.75, 3.05) is 24.5 Å². The van der Waals surface area contributed by atoms with Crippen molar-refractivity contribution >= 4 is 39.5 Å². The molecule has 1 aromatic heterocycles. The van der Waals surface area contributed by atoms with Gasteiger partial charge in [-0.25, -0.2) is 9.59 Å². The number of carbonyl (C=O) groups excluding carboxylic acids is 1. The Labute approximate surface area is 150 Å². The van der Waals surface area contributed by atoms with Crippen LogP contribution < -0.4 is 4.90 Å². The number of carboxylic acid groups (broad SMARTS) is 1. The molecule has 2 heterocycles. The number of hydrogen-bond donors (Lipinski definition) is 1. The number of carboxylic acids is 1. The molecule has 1 aromatic carbocycles. The first-order valence-electron chi connectivity index (χ1n) is 8.08. The van der Waals surface area contributed by atoms with Crippen molar-refractivity contribution in [3.05, 3.63) is 24.3 Å². The van der Waals surface area contributed by atoms with E-state index in [1.807, 2.05) is 24.3 Å². The molecule has 0 saturated carbocycles. The van der Waals surface area contributed by atoms with E-state index in [1.165, 1.54) is 16.4 Å². The topological polar surface area (TPSA) is 83.0 Å². The molecule has 0 radical (unpaired) electrons. The van der Waals surface area contributed by atoms with E-state index in [4.69, 9.17) is 4.74 Å². The Kier molecular flexibility index (Phi) is 4.55. The standard InChI is InChI=1S/C17H21N3O4S/c1-17(2,3)24-16(23)19-8-9-20(12(10-19)15(21)22)14-11-6-4-5-7-13(11)25-18-14/h4-7,12H,8-10H2,1-3H3,(H,21,22)/t12-/m1/s1. The van der Waals surface area contributed by atoms with Crippen molar-refractivity contribution in [3.8, 4) is 0 Å². The van der Waals surface area contributed by atoms with E-state index in [9.17, 15) is 14.7 Å². The van der Waals surface area contributed by atoms with Gasteiger partial charge in [0.05, 0.1) is 11.2 Å². The minimum Gasteiger partial charge on any atom is -0.480 e. The highest BCUT2D eigenvalue weighted by atomic mass is 32.1. The second-order valence-electron chi connectivity index (χ2n) is 6.98. The molecule has 1 N–H and O–H groups in total. The highest BCUT2D eigenvalue weighted by Crippen LogP contribution is 2.31. The number of aromatic nitrogens is 1. The molecule has 8 heteroatoms. The molecule has 1 atom stereocenters. The number of benzene rings is 1. The Hall–Kier alpha value is -2.35. The van der Waals surface area contributed by atoms with E-state index in [-0.39, 0.29) is 6.54 Å². The molecular formula is C17H21N3O4S. The van der Waals surface area contributed by atoms with Crippen molar-refractivity contribution in [1.82, 2.24) is 9.27 Å². The van der Waals surface area contributed by atoms with Gasteiger partial charge in [0.15, 0.2) is 5.82 Å². The van der Waals surface area contributed by atoms with Gasteiger partial charge in [-0.15, -0.1) is 0 Å². The van der Waals surface area contributed by atoms with E-state index in [2.05, 4.69) is 4.37 Å². The summed E-state index contributed by atoms with van der Waals surface area (Å²) in [6, 6.07) is 6.88. The SMILES string of the molecule is CC(C)(C)OC(=O)N1CCN(c2nsc3ccccc23)[C@@H](C(=O)O)C1. The maximum Gasteiger partial charge on any atom is 0.410 e. The molecular weight excluding hydrogens is 342 g/mol. The number of anilines is 1. The van der Waals surface area contributed by atoms with E-state index in [0.29, 0.717) is 18.9 Å². The van der Waals surface area contributed by atoms with E-state index >= 15 is 0 Å². The lowest BCUT2D eigenvalue weighted by molar-refractivity contribution is -0.139. The first kappa shape index (κ1) is 17.5. The van der Waals surface area contributed by atoms with Crippen LogP contribution in [-0.4, -0.2) is 57.7 Å². The summed E-state index contributed by atoms with van der Waals surface area (Å²) in [4.78, 5) is 27.3. The number of nitrogens with zero attached hydrogens (tertiary/aromatic N) is 3. The lowest BCUT2D eigenvalue weighted by Crippen LogP contribution is -2.58. The second kappa shape index (κ2) is 6.51. The van der Waals surface area contributed by atoms with Crippen molar-refractivity contribution in [2.45, 2.75) is 32.4 Å². The summed E-state index contributed by atoms with van der Waals surface area (Å²) in [7, 11) is 0. The van der Waals surface area contributed by atoms with Crippen LogP contribution in [0.4, 0.5) is 10.6 Å². The summed E-state index contributed by atoms with van der Waals surface area (Å²) in [5, 5.41) is 10.6. The largest absolute Gasteiger partial charge is 0.480 e. The minimum absolute atomic E-state index is 0.0656. The lowest BCUT2D eigenvalue weighted by Gasteiger charge is -2.39. The summed E-state index contributed by atoms with van der Waals surface area (Å²) in [5.41, 5.74) is -0.613. The molecule has 2 aromatic rings. The predicted octanol–water partition coefficient (Wildman–Crippen LogP) is 2.81. The summed E-state index contributed by atoms with van der Waals surface area (Å²) in [5.74, 6) is -0.317. The van der Waals surface area contributed by atoms with Crippen LogP contribution in [0.3, 0.4) is 0 Å². The van der Waals surface area contributed by atoms with Gasteiger partial charge in [-0.3, -0.25) is 0 Å². The summed E-state index contributed by atoms with van der Waals surface area (Å²) in [6.07, 6.45) is -0.485. The molecule has 1 aliphatic heterocycles. The molecule has 1 aliphatic rings. The van der Waals surface area contributed by atoms with Crippen LogP contribution in [0.5, 0.6) is 0 Å². The smallest absolute Gasteiger partial charge is 0.410 e. The maximum absolute atomic E-state index is 12.3. The number of carbonyl (C=O) groups is 2. The second-order valence-corrected chi connectivity index (χ2v) is 7.78. The Morgan fingerprint density at radius 3 is 2.68 bits per heavy atom. The third kappa shape index (κ3) is 3.68. The first-order valence-corrected chi connectivity index (χ1v) is 8.85. The van der Waals surface area contributed by atoms with Gasteiger partial charge in [-0.05, 0) is 44.4 Å². The molecule has 7 nitrogen and oxygen atoms in total. The van der Waals surface area contributed by atoms with E-state index in [0.717, 1.165) is 10.1 Å². The van der Waals surface area contributed by atoms with Crippen LogP contribution in [0.1, 0.15) is 20.8 Å². The van der Waals surface area contributed by atoms with E-state index in [1.54, 1.807) is 25.7 Å². The third-order valence-electron chi connectivity index (χ3n) is 3.95. The van der Waals surface area contributed by atoms with E-state index < -0.39 is 23.7 Å². The number of amides is 1. The summed E-state index contributed by atoms with van der Waals surface area (Å²) < 4.78 is 10.8. The van der Waals surface area contributed by atoms with Crippen molar-refractivity contribution in [1.29, 1.82) is 0 Å². The first-order chi connectivity index (χ1) is 11.8. The number of aliphatic carboxylic acids is 1. The van der Waals surface area contributed by atoms with Gasteiger partial charge in [0.25, 0.3) is 0 Å². The molecule has 134 valence electrons. The molecule has 1 fully saturated rings. The fourth-order valence-electron chi connectivity index (χ4n) is 2.82. The Morgan fingerprint density at radius 2 is 2.00 bits per heavy atom. The summed E-state index contributed by atoms with van der Waals surface area (Å²) >= 11 is 1.35. The van der Waals surface area contributed by atoms with Crippen LogP contribution in [0.25, 0.3) is 10.1 Å². The van der Waals surface area contributed by atoms with Crippen molar-refractivity contribution in [2.24, 2.45) is 0 Å². The molecule has 3 rings (SSSR count). The Morgan fingerprint density at radius 1 is 1.28 bits per heavy atom. The lowest BCUT2D eigenvalue weighted by atomic mass is 10.1. The molecule has 25 heavy (non-hydrogen) atoms. The minimum atomic E-state index is -0.981. The van der Waals surface area contributed by atoms with Gasteiger partial charge in [-0.1, -0.05) is 12.1 Å². The zero-order valence-electron chi connectivity index (χ0n) is 14.4. The van der Waals surface area contributed by atoms with Crippen molar-refractivity contribution < 1.29 is 19.4 Å². The van der Waals surface area contributed by atoms with Gasteiger partial charge in [0.1, 0.15) is 11.6 Å². The normalized spacial score (nSPS) is 18.4. The fraction of sp³-hybridized carbons (Fsp3) is 0.471. The number of ether oxygens (including phenoxy) is 1. The monoisotopic (exact) mass is 363 g/mol. The zero-order valence-corrected chi connectivity index (χ0v) is 15.2. The average molecular weight is 363 g/mol. The van der Waals surface area contributed by atoms with Gasteiger partial charge in [-0.2, -0.15) is 4.37 Å². The molecule has 0 spiro atoms. The van der Waals surface area contributed by atoms with Gasteiger partial charge in [0, 0.05) is 18.5 Å². The van der Waals surface area contributed by atoms with Gasteiger partial charge >= 0.3 is 12.1 Å². The Balaban J connectivity index is 1.83. The number of rotatable bonds is 2.